The van der Waals surface area contributed by atoms with Crippen LogP contribution in [0.2, 0.25) is 0 Å². The molecule has 1 amide bonds. The van der Waals surface area contributed by atoms with E-state index in [1.54, 1.807) is 17.5 Å². The molecule has 1 aromatic heterocycles. The highest BCUT2D eigenvalue weighted by molar-refractivity contribution is 7.91. The number of aryl methyl sites for hydroxylation is 1. The van der Waals surface area contributed by atoms with Gasteiger partial charge in [-0.1, -0.05) is 29.8 Å². The second kappa shape index (κ2) is 7.07. The van der Waals surface area contributed by atoms with Gasteiger partial charge in [-0.25, -0.2) is 8.42 Å². The second-order valence-corrected chi connectivity index (χ2v) is 9.57. The number of thiophene rings is 1. The first kappa shape index (κ1) is 18.7. The average molecular weight is 414 g/mol. The van der Waals surface area contributed by atoms with Crippen LogP contribution in [0.5, 0.6) is 5.75 Å². The molecular formula is C21H19NO4S2. The van der Waals surface area contributed by atoms with Crippen LogP contribution < -0.4 is 10.1 Å². The number of carbonyl (C=O) groups excluding carboxylic acids is 1. The highest BCUT2D eigenvalue weighted by Gasteiger charge is 2.34. The van der Waals surface area contributed by atoms with E-state index in [1.165, 1.54) is 30.6 Å². The number of nitrogens with one attached hydrogen (secondary N) is 1. The van der Waals surface area contributed by atoms with Crippen molar-refractivity contribution in [2.24, 2.45) is 0 Å². The van der Waals surface area contributed by atoms with Crippen LogP contribution in [-0.4, -0.2) is 21.4 Å². The van der Waals surface area contributed by atoms with Crippen LogP contribution in [0.1, 0.15) is 28.3 Å². The molecule has 5 nitrogen and oxygen atoms in total. The van der Waals surface area contributed by atoms with E-state index in [1.807, 2.05) is 31.2 Å². The predicted octanol–water partition coefficient (Wildman–Crippen LogP) is 4.37. The van der Waals surface area contributed by atoms with Gasteiger partial charge in [-0.3, -0.25) is 4.79 Å². The topological polar surface area (TPSA) is 72.5 Å². The summed E-state index contributed by atoms with van der Waals surface area (Å²) in [7, 11) is -2.23. The Labute approximate surface area is 167 Å². The first-order valence-corrected chi connectivity index (χ1v) is 11.1. The second-order valence-electron chi connectivity index (χ2n) is 6.74. The first-order valence-electron chi connectivity index (χ1n) is 8.77. The Balaban J connectivity index is 1.80. The van der Waals surface area contributed by atoms with Gasteiger partial charge in [0.1, 0.15) is 10.6 Å². The lowest BCUT2D eigenvalue weighted by atomic mass is 9.90. The van der Waals surface area contributed by atoms with Crippen molar-refractivity contribution in [2.75, 3.05) is 12.4 Å². The molecule has 0 saturated heterocycles. The molecule has 0 spiro atoms. The molecule has 1 aliphatic heterocycles. The summed E-state index contributed by atoms with van der Waals surface area (Å²) in [6.07, 6.45) is 0.305. The van der Waals surface area contributed by atoms with Crippen molar-refractivity contribution in [1.29, 1.82) is 0 Å². The zero-order valence-electron chi connectivity index (χ0n) is 15.4. The van der Waals surface area contributed by atoms with Gasteiger partial charge in [0.05, 0.1) is 17.7 Å². The molecule has 3 aromatic rings. The smallest absolute Gasteiger partial charge is 0.225 e. The molecule has 2 aromatic carbocycles. The van der Waals surface area contributed by atoms with Crippen LogP contribution in [0, 0.1) is 6.92 Å². The van der Waals surface area contributed by atoms with Crippen molar-refractivity contribution >= 4 is 32.8 Å². The number of hydrogen-bond donors (Lipinski definition) is 1. The van der Waals surface area contributed by atoms with E-state index in [0.29, 0.717) is 17.9 Å². The van der Waals surface area contributed by atoms with E-state index >= 15 is 0 Å². The van der Waals surface area contributed by atoms with Gasteiger partial charge in [0.25, 0.3) is 0 Å². The monoisotopic (exact) mass is 413 g/mol. The van der Waals surface area contributed by atoms with Gasteiger partial charge in [0.2, 0.25) is 15.7 Å². The first-order chi connectivity index (χ1) is 13.4. The molecule has 144 valence electrons. The van der Waals surface area contributed by atoms with Crippen molar-refractivity contribution in [3.05, 3.63) is 69.9 Å². The van der Waals surface area contributed by atoms with Gasteiger partial charge in [-0.2, -0.15) is 0 Å². The van der Waals surface area contributed by atoms with E-state index in [9.17, 15) is 13.2 Å². The predicted molar refractivity (Wildman–Crippen MR) is 109 cm³/mol. The maximum Gasteiger partial charge on any atom is 0.225 e. The van der Waals surface area contributed by atoms with Crippen molar-refractivity contribution in [2.45, 2.75) is 29.1 Å². The summed E-state index contributed by atoms with van der Waals surface area (Å²) in [6.45, 7) is 2.00. The summed E-state index contributed by atoms with van der Waals surface area (Å²) in [5, 5.41) is 4.41. The van der Waals surface area contributed by atoms with Gasteiger partial charge in [-0.15, -0.1) is 11.3 Å². The van der Waals surface area contributed by atoms with E-state index < -0.39 is 9.84 Å². The number of fused-ring (bicyclic) bond motifs is 1. The fourth-order valence-electron chi connectivity index (χ4n) is 3.44. The maximum absolute atomic E-state index is 13.2. The Morgan fingerprint density at radius 3 is 2.57 bits per heavy atom. The van der Waals surface area contributed by atoms with Crippen LogP contribution in [0.15, 0.2) is 63.7 Å². The summed E-state index contributed by atoms with van der Waals surface area (Å²) in [4.78, 5) is 13.6. The SMILES string of the molecule is COc1ccc(S(=O)(=O)c2csc3c2NC(=O)C[C@@H]3c2cccc(C)c2)cc1. The minimum Gasteiger partial charge on any atom is -0.497 e. The molecule has 1 aliphatic rings. The fraction of sp³-hybridized carbons (Fsp3) is 0.190. The molecule has 0 radical (unpaired) electrons. The molecule has 0 saturated carbocycles. The number of methoxy groups -OCH3 is 1. The van der Waals surface area contributed by atoms with Gasteiger partial charge >= 0.3 is 0 Å². The van der Waals surface area contributed by atoms with E-state index in [2.05, 4.69) is 5.32 Å². The van der Waals surface area contributed by atoms with E-state index in [4.69, 9.17) is 4.74 Å². The summed E-state index contributed by atoms with van der Waals surface area (Å²) < 4.78 is 31.5. The molecule has 0 fully saturated rings. The summed E-state index contributed by atoms with van der Waals surface area (Å²) in [5.41, 5.74) is 2.53. The summed E-state index contributed by atoms with van der Waals surface area (Å²) in [5.74, 6) is 0.260. The number of amides is 1. The molecule has 1 atom stereocenters. The minimum absolute atomic E-state index is 0.142. The number of carbonyl (C=O) groups is 1. The summed E-state index contributed by atoms with van der Waals surface area (Å²) in [6, 6.07) is 14.2. The lowest BCUT2D eigenvalue weighted by molar-refractivity contribution is -0.116. The molecule has 4 rings (SSSR count). The molecular weight excluding hydrogens is 394 g/mol. The Morgan fingerprint density at radius 1 is 1.14 bits per heavy atom. The largest absolute Gasteiger partial charge is 0.497 e. The zero-order valence-corrected chi connectivity index (χ0v) is 17.1. The molecule has 0 unspecified atom stereocenters. The number of hydrogen-bond acceptors (Lipinski definition) is 5. The van der Waals surface area contributed by atoms with E-state index in [-0.39, 0.29) is 21.6 Å². The van der Waals surface area contributed by atoms with Crippen molar-refractivity contribution in [3.63, 3.8) is 0 Å². The highest BCUT2D eigenvalue weighted by atomic mass is 32.2. The minimum atomic E-state index is -3.76. The van der Waals surface area contributed by atoms with Gasteiger partial charge in [0.15, 0.2) is 0 Å². The highest BCUT2D eigenvalue weighted by Crippen LogP contribution is 2.46. The van der Waals surface area contributed by atoms with Crippen LogP contribution in [0.3, 0.4) is 0 Å². The normalized spacial score (nSPS) is 16.4. The lowest BCUT2D eigenvalue weighted by Gasteiger charge is -2.24. The quantitative estimate of drug-likeness (QED) is 0.689. The van der Waals surface area contributed by atoms with Gasteiger partial charge in [0, 0.05) is 22.6 Å². The zero-order chi connectivity index (χ0) is 19.9. The number of ether oxygens (including phenoxy) is 1. The number of sulfone groups is 1. The van der Waals surface area contributed by atoms with Crippen molar-refractivity contribution in [3.8, 4) is 5.75 Å². The third kappa shape index (κ3) is 3.21. The number of benzene rings is 2. The Bertz CT molecular complexity index is 1150. The van der Waals surface area contributed by atoms with Crippen molar-refractivity contribution < 1.29 is 17.9 Å². The lowest BCUT2D eigenvalue weighted by Crippen LogP contribution is -2.23. The number of rotatable bonds is 4. The Hall–Kier alpha value is -2.64. The van der Waals surface area contributed by atoms with Gasteiger partial charge in [-0.05, 0) is 36.8 Å². The molecule has 0 bridgehead atoms. The third-order valence-electron chi connectivity index (χ3n) is 4.86. The van der Waals surface area contributed by atoms with Crippen LogP contribution in [-0.2, 0) is 14.6 Å². The Morgan fingerprint density at radius 2 is 1.89 bits per heavy atom. The van der Waals surface area contributed by atoms with Crippen LogP contribution in [0.4, 0.5) is 5.69 Å². The average Bonchev–Trinajstić information content (AvgIpc) is 3.12. The standard InChI is InChI=1S/C21H19NO4S2/c1-13-4-3-5-14(10-13)17-11-19(23)22-20-18(12-27-21(17)20)28(24,25)16-8-6-15(26-2)7-9-16/h3-10,12,17H,11H2,1-2H3,(H,22,23)/t17-/m1/s1. The Kier molecular flexibility index (Phi) is 4.72. The van der Waals surface area contributed by atoms with Crippen LogP contribution >= 0.6 is 11.3 Å². The molecule has 28 heavy (non-hydrogen) atoms. The molecule has 7 heteroatoms. The van der Waals surface area contributed by atoms with Crippen LogP contribution in [0.25, 0.3) is 0 Å². The maximum atomic E-state index is 13.2. The van der Waals surface area contributed by atoms with Gasteiger partial charge < -0.3 is 10.1 Å². The molecule has 0 aliphatic carbocycles. The third-order valence-corrected chi connectivity index (χ3v) is 7.90. The number of anilines is 1. The molecule has 1 N–H and O–H groups in total. The van der Waals surface area contributed by atoms with E-state index in [0.717, 1.165) is 16.0 Å². The fourth-order valence-corrected chi connectivity index (χ4v) is 6.35. The summed E-state index contributed by atoms with van der Waals surface area (Å²) >= 11 is 1.37. The van der Waals surface area contributed by atoms with Crippen molar-refractivity contribution in [1.82, 2.24) is 0 Å². The molecule has 2 heterocycles.